The van der Waals surface area contributed by atoms with Gasteiger partial charge in [0.25, 0.3) is 0 Å². The highest BCUT2D eigenvalue weighted by atomic mass is 16.4. The van der Waals surface area contributed by atoms with Gasteiger partial charge in [-0.1, -0.05) is 0 Å². The number of carboxylic acids is 2. The van der Waals surface area contributed by atoms with Crippen molar-refractivity contribution < 1.29 is 53.7 Å². The van der Waals surface area contributed by atoms with Gasteiger partial charge in [-0.15, -0.1) is 0 Å². The maximum absolute atomic E-state index is 13.4. The Balaban J connectivity index is 2.99. The van der Waals surface area contributed by atoms with Crippen LogP contribution in [0.5, 0.6) is 0 Å². The maximum Gasteiger partial charge on any atom is 0.326 e. The van der Waals surface area contributed by atoms with Crippen molar-refractivity contribution in [1.82, 2.24) is 31.5 Å². The minimum atomic E-state index is -1.79. The second-order valence-corrected chi connectivity index (χ2v) is 11.8. The highest BCUT2D eigenvalue weighted by Crippen LogP contribution is 2.19. The summed E-state index contributed by atoms with van der Waals surface area (Å²) in [4.78, 5) is 105. The first-order valence-electron chi connectivity index (χ1n) is 16.4. The molecule has 1 aliphatic heterocycles. The molecule has 1 rings (SSSR count). The molecule has 22 heteroatoms. The third kappa shape index (κ3) is 15.6. The first kappa shape index (κ1) is 43.9. The van der Waals surface area contributed by atoms with E-state index in [-0.39, 0.29) is 44.7 Å². The monoisotopic (exact) mass is 729 g/mol. The van der Waals surface area contributed by atoms with Crippen LogP contribution in [-0.2, 0) is 38.4 Å². The summed E-state index contributed by atoms with van der Waals surface area (Å²) in [7, 11) is 0. The van der Waals surface area contributed by atoms with Crippen LogP contribution in [0, 0.1) is 0 Å². The number of hydrogen-bond donors (Lipinski definition) is 12. The van der Waals surface area contributed by atoms with Crippen LogP contribution in [-0.4, -0.2) is 143 Å². The van der Waals surface area contributed by atoms with Gasteiger partial charge in [-0.2, -0.15) is 0 Å². The molecule has 1 heterocycles. The number of carbonyl (C=O) groups excluding carboxylic acids is 6. The van der Waals surface area contributed by atoms with Gasteiger partial charge in [-0.05, 0) is 58.4 Å². The van der Waals surface area contributed by atoms with Gasteiger partial charge < -0.3 is 69.7 Å². The number of aliphatic imine (C=N–C) groups is 1. The zero-order valence-electron chi connectivity index (χ0n) is 28.5. The molecular formula is C29H51N11O11. The Bertz CT molecular complexity index is 1280. The van der Waals surface area contributed by atoms with Crippen molar-refractivity contribution in [1.29, 1.82) is 0 Å². The summed E-state index contributed by atoms with van der Waals surface area (Å²) in [6, 6.07) is -8.30. The van der Waals surface area contributed by atoms with Crippen LogP contribution < -0.4 is 49.5 Å². The number of rotatable bonds is 23. The molecule has 0 unspecified atom stereocenters. The number of carboxylic acid groups (broad SMARTS) is 2. The fourth-order valence-electron chi connectivity index (χ4n) is 5.06. The van der Waals surface area contributed by atoms with Crippen molar-refractivity contribution in [3.05, 3.63) is 0 Å². The summed E-state index contributed by atoms with van der Waals surface area (Å²) in [5.74, 6) is -8.24. The second-order valence-electron chi connectivity index (χ2n) is 11.8. The van der Waals surface area contributed by atoms with Crippen molar-refractivity contribution in [2.24, 2.45) is 27.9 Å². The molecule has 0 saturated carbocycles. The number of amides is 6. The Hall–Kier alpha value is -5.09. The van der Waals surface area contributed by atoms with E-state index in [1.807, 2.05) is 0 Å². The summed E-state index contributed by atoms with van der Waals surface area (Å²) in [6.07, 6.45) is 0.974. The highest BCUT2D eigenvalue weighted by Gasteiger charge is 2.39. The molecule has 1 fully saturated rings. The molecule has 16 N–H and O–H groups in total. The normalized spacial score (nSPS) is 16.7. The minimum absolute atomic E-state index is 0.0434. The van der Waals surface area contributed by atoms with Gasteiger partial charge >= 0.3 is 11.9 Å². The zero-order valence-corrected chi connectivity index (χ0v) is 28.5. The maximum atomic E-state index is 13.4. The summed E-state index contributed by atoms with van der Waals surface area (Å²) < 4.78 is 0. The van der Waals surface area contributed by atoms with Crippen LogP contribution in [0.2, 0.25) is 0 Å². The number of guanidine groups is 1. The number of hydrogen-bond acceptors (Lipinski definition) is 12. The molecule has 0 aromatic heterocycles. The third-order valence-corrected chi connectivity index (χ3v) is 7.74. The molecule has 51 heavy (non-hydrogen) atoms. The molecule has 6 atom stereocenters. The van der Waals surface area contributed by atoms with E-state index in [9.17, 15) is 53.7 Å². The molecule has 288 valence electrons. The number of aliphatic carboxylic acids is 2. The SMILES string of the molecule is C[C@H](NC(=O)[C@H](CCCN=C(N)N)NC(=O)CN)C(=O)N[C@H](CC(=O)O)C(=O)N[C@H](CO)C(=O)N1CCC[C@@H]1C(=O)N[C@H](CCCCN)C(=O)O. The Morgan fingerprint density at radius 2 is 1.43 bits per heavy atom. The van der Waals surface area contributed by atoms with Crippen LogP contribution in [0.3, 0.4) is 0 Å². The molecule has 6 amide bonds. The average molecular weight is 730 g/mol. The fourth-order valence-corrected chi connectivity index (χ4v) is 5.06. The molecule has 1 aliphatic rings. The van der Waals surface area contributed by atoms with Gasteiger partial charge in [0, 0.05) is 13.1 Å². The number of aliphatic hydroxyl groups excluding tert-OH is 1. The van der Waals surface area contributed by atoms with Crippen molar-refractivity contribution in [2.45, 2.75) is 94.5 Å². The van der Waals surface area contributed by atoms with E-state index in [2.05, 4.69) is 31.6 Å². The van der Waals surface area contributed by atoms with Gasteiger partial charge in [-0.3, -0.25) is 38.6 Å². The van der Waals surface area contributed by atoms with Crippen LogP contribution in [0.25, 0.3) is 0 Å². The number of likely N-dealkylation sites (tertiary alicyclic amines) is 1. The second kappa shape index (κ2) is 22.6. The zero-order chi connectivity index (χ0) is 38.7. The average Bonchev–Trinajstić information content (AvgIpc) is 3.57. The Kier molecular flexibility index (Phi) is 19.5. The highest BCUT2D eigenvalue weighted by molar-refractivity contribution is 5.98. The molecule has 22 nitrogen and oxygen atoms in total. The van der Waals surface area contributed by atoms with E-state index in [4.69, 9.17) is 22.9 Å². The van der Waals surface area contributed by atoms with Crippen LogP contribution in [0.1, 0.15) is 58.3 Å². The lowest BCUT2D eigenvalue weighted by Crippen LogP contribution is -2.60. The third-order valence-electron chi connectivity index (χ3n) is 7.74. The van der Waals surface area contributed by atoms with E-state index in [0.29, 0.717) is 25.8 Å². The summed E-state index contributed by atoms with van der Waals surface area (Å²) in [6.45, 7) is 0.357. The van der Waals surface area contributed by atoms with Gasteiger partial charge in [0.2, 0.25) is 35.4 Å². The van der Waals surface area contributed by atoms with Gasteiger partial charge in [0.05, 0.1) is 19.6 Å². The largest absolute Gasteiger partial charge is 0.481 e. The smallest absolute Gasteiger partial charge is 0.326 e. The first-order valence-corrected chi connectivity index (χ1v) is 16.4. The number of nitrogens with zero attached hydrogens (tertiary/aromatic N) is 2. The summed E-state index contributed by atoms with van der Waals surface area (Å²) in [5, 5.41) is 40.5. The van der Waals surface area contributed by atoms with E-state index in [0.717, 1.165) is 4.90 Å². The van der Waals surface area contributed by atoms with Crippen molar-refractivity contribution in [2.75, 3.05) is 32.8 Å². The van der Waals surface area contributed by atoms with E-state index in [1.54, 1.807) is 0 Å². The number of unbranched alkanes of at least 4 members (excludes halogenated alkanes) is 1. The van der Waals surface area contributed by atoms with Crippen molar-refractivity contribution >= 4 is 53.3 Å². The van der Waals surface area contributed by atoms with Crippen molar-refractivity contribution in [3.63, 3.8) is 0 Å². The first-order chi connectivity index (χ1) is 24.1. The minimum Gasteiger partial charge on any atom is -0.481 e. The van der Waals surface area contributed by atoms with Gasteiger partial charge in [-0.25, -0.2) is 4.79 Å². The quantitative estimate of drug-likeness (QED) is 0.0265. The summed E-state index contributed by atoms with van der Waals surface area (Å²) >= 11 is 0. The molecule has 0 spiro atoms. The Labute approximate surface area is 293 Å². The number of aliphatic hydroxyl groups is 1. The van der Waals surface area contributed by atoms with E-state index >= 15 is 0 Å². The van der Waals surface area contributed by atoms with Crippen LogP contribution >= 0.6 is 0 Å². The van der Waals surface area contributed by atoms with Gasteiger partial charge in [0.15, 0.2) is 5.96 Å². The molecule has 0 radical (unpaired) electrons. The molecule has 0 bridgehead atoms. The Morgan fingerprint density at radius 3 is 2.00 bits per heavy atom. The molecule has 1 saturated heterocycles. The number of nitrogens with two attached hydrogens (primary N) is 4. The lowest BCUT2D eigenvalue weighted by atomic mass is 10.1. The standard InChI is InChI=1S/C29H51N11O11/c1-15(35-24(46)16(36-21(42)13-31)7-4-10-34-29(32)33)23(45)38-18(12-22(43)44)25(47)39-19(14-41)27(49)40-11-5-8-20(40)26(48)37-17(28(50)51)6-2-3-9-30/h15-20,41H,2-14,30-31H2,1H3,(H,35,46)(H,36,42)(H,37,48)(H,38,45)(H,39,47)(H,43,44)(H,50,51)(H4,32,33,34)/t15-,16-,17+,18+,19+,20+/m0/s1. The van der Waals surface area contributed by atoms with E-state index in [1.165, 1.54) is 6.92 Å². The predicted molar refractivity (Wildman–Crippen MR) is 179 cm³/mol. The number of nitrogens with one attached hydrogen (secondary N) is 5. The molecule has 0 aromatic rings. The van der Waals surface area contributed by atoms with Gasteiger partial charge in [0.1, 0.15) is 36.3 Å². The van der Waals surface area contributed by atoms with Crippen LogP contribution in [0.15, 0.2) is 4.99 Å². The van der Waals surface area contributed by atoms with E-state index < -0.39 is 103 Å². The lowest BCUT2D eigenvalue weighted by molar-refractivity contribution is -0.145. The molecule has 0 aromatic carbocycles. The molecular weight excluding hydrogens is 678 g/mol. The summed E-state index contributed by atoms with van der Waals surface area (Å²) in [5.41, 5.74) is 21.3. The number of carbonyl (C=O) groups is 8. The Morgan fingerprint density at radius 1 is 0.804 bits per heavy atom. The molecule has 0 aliphatic carbocycles. The predicted octanol–water partition coefficient (Wildman–Crippen LogP) is -5.89. The van der Waals surface area contributed by atoms with Crippen LogP contribution in [0.4, 0.5) is 0 Å². The fraction of sp³-hybridized carbons (Fsp3) is 0.690. The topological polar surface area (TPSA) is 377 Å². The lowest BCUT2D eigenvalue weighted by Gasteiger charge is -2.29. The van der Waals surface area contributed by atoms with Crippen molar-refractivity contribution in [3.8, 4) is 0 Å².